The van der Waals surface area contributed by atoms with Gasteiger partial charge >= 0.3 is 0 Å². The molecule has 0 atom stereocenters. The maximum Gasteiger partial charge on any atom is 0.228 e. The summed E-state index contributed by atoms with van der Waals surface area (Å²) in [7, 11) is -2.92. The van der Waals surface area contributed by atoms with Crippen LogP contribution in [-0.2, 0) is 17.1 Å². The second-order valence-corrected chi connectivity index (χ2v) is 3.55. The zero-order valence-electron chi connectivity index (χ0n) is 10.4. The maximum atomic E-state index is 8.67. The van der Waals surface area contributed by atoms with E-state index in [2.05, 4.69) is 6.92 Å². The normalized spacial score (nSPS) is 8.68. The first kappa shape index (κ1) is 23.1. The van der Waals surface area contributed by atoms with Crippen molar-refractivity contribution in [3.63, 3.8) is 0 Å². The van der Waals surface area contributed by atoms with Gasteiger partial charge in [-0.25, -0.2) is 0 Å². The standard InChI is InChI=1S/C11H14N3.BO3.Cu/c1-2-3-4-5-6-7-11(8-12,9-13)10-14;2-1(3)4;/h1-7H2;;/q-1;-3;. The van der Waals surface area contributed by atoms with Crippen molar-refractivity contribution in [2.45, 2.75) is 38.5 Å². The summed E-state index contributed by atoms with van der Waals surface area (Å²) in [5.74, 6) is 0. The number of nitrogens with zero attached hydrogens (tertiary/aromatic N) is 3. The predicted molar refractivity (Wildman–Crippen MR) is 58.1 cm³/mol. The maximum absolute atomic E-state index is 8.67. The first-order valence-electron chi connectivity index (χ1n) is 5.48. The van der Waals surface area contributed by atoms with Gasteiger partial charge < -0.3 is 22.0 Å². The van der Waals surface area contributed by atoms with Crippen LogP contribution >= 0.6 is 0 Å². The van der Waals surface area contributed by atoms with E-state index < -0.39 is 12.7 Å². The van der Waals surface area contributed by atoms with E-state index in [0.717, 1.165) is 32.1 Å². The van der Waals surface area contributed by atoms with Gasteiger partial charge in [-0.3, -0.25) is 7.32 Å². The van der Waals surface area contributed by atoms with E-state index in [-0.39, 0.29) is 17.1 Å². The molecule has 8 heteroatoms. The van der Waals surface area contributed by atoms with Crippen molar-refractivity contribution < 1.29 is 32.1 Å². The molecule has 109 valence electrons. The average molecular weight is 311 g/mol. The summed E-state index contributed by atoms with van der Waals surface area (Å²) in [6.45, 7) is 3.72. The molecule has 0 amide bonds. The van der Waals surface area contributed by atoms with Crippen LogP contribution in [0.3, 0.4) is 0 Å². The van der Waals surface area contributed by atoms with E-state index in [1.54, 1.807) is 18.2 Å². The molecule has 0 aliphatic heterocycles. The summed E-state index contributed by atoms with van der Waals surface area (Å²) in [6.07, 6.45) is 5.12. The van der Waals surface area contributed by atoms with Gasteiger partial charge in [0.15, 0.2) is 0 Å². The van der Waals surface area contributed by atoms with Crippen LogP contribution in [0, 0.1) is 46.3 Å². The van der Waals surface area contributed by atoms with Crippen LogP contribution in [0.4, 0.5) is 0 Å². The second kappa shape index (κ2) is 15.0. The molecule has 1 radical (unpaired) electrons. The van der Waals surface area contributed by atoms with Gasteiger partial charge in [0.25, 0.3) is 0 Å². The van der Waals surface area contributed by atoms with Crippen LogP contribution in [0.25, 0.3) is 0 Å². The quantitative estimate of drug-likeness (QED) is 0.341. The third kappa shape index (κ3) is 14.9. The van der Waals surface area contributed by atoms with Crippen LogP contribution in [0.5, 0.6) is 0 Å². The zero-order valence-corrected chi connectivity index (χ0v) is 11.3. The van der Waals surface area contributed by atoms with Gasteiger partial charge in [0.1, 0.15) is 18.2 Å². The molecular formula is C11H14BCuN3O3-4. The van der Waals surface area contributed by atoms with Crippen molar-refractivity contribution in [2.75, 3.05) is 0 Å². The minimum Gasteiger partial charge on any atom is -0.907 e. The molecule has 0 saturated carbocycles. The first-order chi connectivity index (χ1) is 8.47. The second-order valence-electron chi connectivity index (χ2n) is 3.55. The first-order valence-corrected chi connectivity index (χ1v) is 5.48. The van der Waals surface area contributed by atoms with Gasteiger partial charge in [-0.1, -0.05) is 19.3 Å². The monoisotopic (exact) mass is 310 g/mol. The van der Waals surface area contributed by atoms with E-state index in [4.69, 9.17) is 30.9 Å². The third-order valence-electron chi connectivity index (χ3n) is 2.12. The van der Waals surface area contributed by atoms with Gasteiger partial charge in [-0.15, -0.1) is 0 Å². The fourth-order valence-electron chi connectivity index (χ4n) is 1.16. The Bertz CT molecular complexity index is 295. The van der Waals surface area contributed by atoms with Crippen molar-refractivity contribution in [1.82, 2.24) is 0 Å². The Labute approximate surface area is 124 Å². The molecule has 0 aromatic heterocycles. The van der Waals surface area contributed by atoms with Crippen LogP contribution < -0.4 is 15.1 Å². The zero-order chi connectivity index (χ0) is 14.4. The molecule has 0 unspecified atom stereocenters. The van der Waals surface area contributed by atoms with Gasteiger partial charge in [-0.05, 0) is 12.8 Å². The van der Waals surface area contributed by atoms with Gasteiger partial charge in [-0.2, -0.15) is 22.2 Å². The predicted octanol–water partition coefficient (Wildman–Crippen LogP) is -1.23. The van der Waals surface area contributed by atoms with E-state index in [1.165, 1.54) is 0 Å². The summed E-state index contributed by atoms with van der Waals surface area (Å²) in [5.41, 5.74) is -1.43. The number of unbranched alkanes of at least 4 members (excludes halogenated alkanes) is 4. The van der Waals surface area contributed by atoms with E-state index in [1.807, 2.05) is 0 Å². The molecule has 0 N–H and O–H groups in total. The Morgan fingerprint density at radius 3 is 1.58 bits per heavy atom. The molecule has 0 bridgehead atoms. The molecule has 0 rings (SSSR count). The van der Waals surface area contributed by atoms with Crippen LogP contribution in [0.15, 0.2) is 0 Å². The summed E-state index contributed by atoms with van der Waals surface area (Å²) in [6, 6.07) is 5.31. The molecule has 0 fully saturated rings. The molecule has 19 heavy (non-hydrogen) atoms. The van der Waals surface area contributed by atoms with Crippen LogP contribution in [-0.4, -0.2) is 7.32 Å². The molecular weight excluding hydrogens is 296 g/mol. The molecule has 0 aromatic carbocycles. The Morgan fingerprint density at radius 2 is 1.26 bits per heavy atom. The minimum absolute atomic E-state index is 0. The Hall–Kier alpha value is -1.07. The molecule has 0 spiro atoms. The van der Waals surface area contributed by atoms with Crippen LogP contribution in [0.2, 0.25) is 0 Å². The van der Waals surface area contributed by atoms with Crippen molar-refractivity contribution in [1.29, 1.82) is 15.8 Å². The van der Waals surface area contributed by atoms with E-state index in [9.17, 15) is 0 Å². The summed E-state index contributed by atoms with van der Waals surface area (Å²) < 4.78 is 0. The molecule has 0 aromatic rings. The van der Waals surface area contributed by atoms with Crippen molar-refractivity contribution >= 4 is 7.32 Å². The van der Waals surface area contributed by atoms with Crippen molar-refractivity contribution in [2.24, 2.45) is 5.41 Å². The van der Waals surface area contributed by atoms with Gasteiger partial charge in [0.05, 0.1) is 0 Å². The Kier molecular flexibility index (Phi) is 18.2. The van der Waals surface area contributed by atoms with Crippen LogP contribution in [0.1, 0.15) is 38.5 Å². The molecule has 0 aliphatic carbocycles. The number of hydrogen-bond acceptors (Lipinski definition) is 6. The van der Waals surface area contributed by atoms with Crippen molar-refractivity contribution in [3.8, 4) is 18.2 Å². The van der Waals surface area contributed by atoms with Gasteiger partial charge in [0.2, 0.25) is 5.41 Å². The number of rotatable bonds is 6. The Balaban J connectivity index is -0.000000448. The molecule has 6 nitrogen and oxygen atoms in total. The van der Waals surface area contributed by atoms with Gasteiger partial charge in [0, 0.05) is 17.1 Å². The number of hydrogen-bond donors (Lipinski definition) is 0. The fraction of sp³-hybridized carbons (Fsp3) is 0.636. The Morgan fingerprint density at radius 1 is 0.895 bits per heavy atom. The van der Waals surface area contributed by atoms with E-state index >= 15 is 0 Å². The third-order valence-corrected chi connectivity index (χ3v) is 2.12. The van der Waals surface area contributed by atoms with Crippen molar-refractivity contribution in [3.05, 3.63) is 6.92 Å². The SMILES string of the molecule is [CH2-]CCCCCCC(C#N)(C#N)C#N.[Cu].[O-]B([O-])[O-]. The summed E-state index contributed by atoms with van der Waals surface area (Å²) >= 11 is 0. The molecule has 0 heterocycles. The molecule has 0 aliphatic rings. The fourth-order valence-corrected chi connectivity index (χ4v) is 1.16. The molecule has 0 saturated heterocycles. The summed E-state index contributed by atoms with van der Waals surface area (Å²) in [4.78, 5) is 0. The summed E-state index contributed by atoms with van der Waals surface area (Å²) in [5, 5.41) is 51.3. The van der Waals surface area contributed by atoms with E-state index in [0.29, 0.717) is 6.42 Å². The largest absolute Gasteiger partial charge is 0.907 e. The average Bonchev–Trinajstić information content (AvgIpc) is 2.34. The minimum atomic E-state index is -2.92. The number of nitriles is 3. The topological polar surface area (TPSA) is 141 Å². The smallest absolute Gasteiger partial charge is 0.228 e.